The Kier molecular flexibility index (Phi) is 4.67. The minimum Gasteiger partial charge on any atom is -0.380 e. The summed E-state index contributed by atoms with van der Waals surface area (Å²) in [5.41, 5.74) is 1.03. The smallest absolute Gasteiger partial charge is 0.155 e. The number of hydrogen-bond acceptors (Lipinski definition) is 2. The van der Waals surface area contributed by atoms with Crippen molar-refractivity contribution in [2.45, 2.75) is 0 Å². The summed E-state index contributed by atoms with van der Waals surface area (Å²) in [7, 11) is 1.89. The summed E-state index contributed by atoms with van der Waals surface area (Å²) in [6, 6.07) is 19.7. The van der Waals surface area contributed by atoms with Crippen LogP contribution in [0.15, 0.2) is 60.7 Å². The van der Waals surface area contributed by atoms with E-state index in [-0.39, 0.29) is 12.4 Å². The van der Waals surface area contributed by atoms with Gasteiger partial charge in [0.15, 0.2) is 5.75 Å². The van der Waals surface area contributed by atoms with Crippen molar-refractivity contribution < 1.29 is 4.84 Å². The van der Waals surface area contributed by atoms with Crippen molar-refractivity contribution in [2.75, 3.05) is 12.1 Å². The van der Waals surface area contributed by atoms with Gasteiger partial charge in [-0.1, -0.05) is 36.4 Å². The average Bonchev–Trinajstić information content (AvgIpc) is 2.31. The lowest BCUT2D eigenvalue weighted by atomic mass is 10.3. The van der Waals surface area contributed by atoms with Gasteiger partial charge in [-0.3, -0.25) is 0 Å². The minimum absolute atomic E-state index is 0. The first-order valence-electron chi connectivity index (χ1n) is 4.88. The molecule has 0 fully saturated rings. The monoisotopic (exact) mass is 235 g/mol. The van der Waals surface area contributed by atoms with Crippen molar-refractivity contribution in [3.05, 3.63) is 60.7 Å². The predicted molar refractivity (Wildman–Crippen MR) is 69.2 cm³/mol. The van der Waals surface area contributed by atoms with E-state index in [0.717, 1.165) is 11.4 Å². The Hall–Kier alpha value is -1.67. The lowest BCUT2D eigenvalue weighted by Crippen LogP contribution is -2.21. The van der Waals surface area contributed by atoms with E-state index in [1.54, 1.807) is 5.06 Å². The molecule has 0 radical (unpaired) electrons. The molecule has 0 unspecified atom stereocenters. The summed E-state index contributed by atoms with van der Waals surface area (Å²) < 4.78 is 0. The minimum atomic E-state index is 0. The number of benzene rings is 2. The van der Waals surface area contributed by atoms with Crippen molar-refractivity contribution in [3.63, 3.8) is 0 Å². The summed E-state index contributed by atoms with van der Waals surface area (Å²) in [6.07, 6.45) is 0. The molecule has 2 aromatic rings. The zero-order valence-electron chi connectivity index (χ0n) is 9.04. The van der Waals surface area contributed by atoms with E-state index in [9.17, 15) is 0 Å². The van der Waals surface area contributed by atoms with Crippen molar-refractivity contribution in [1.82, 2.24) is 0 Å². The van der Waals surface area contributed by atoms with Crippen molar-refractivity contribution in [1.29, 1.82) is 0 Å². The molecule has 0 bridgehead atoms. The number of para-hydroxylation sites is 2. The lowest BCUT2D eigenvalue weighted by Gasteiger charge is -2.19. The second kappa shape index (κ2) is 6.03. The molecule has 0 spiro atoms. The molecule has 2 nitrogen and oxygen atoms in total. The number of halogens is 1. The van der Waals surface area contributed by atoms with Crippen LogP contribution in [-0.2, 0) is 0 Å². The summed E-state index contributed by atoms with van der Waals surface area (Å²) in [6.45, 7) is 0. The fourth-order valence-electron chi connectivity index (χ4n) is 1.33. The third kappa shape index (κ3) is 3.17. The van der Waals surface area contributed by atoms with E-state index in [2.05, 4.69) is 0 Å². The first-order chi connectivity index (χ1) is 7.36. The van der Waals surface area contributed by atoms with Crippen LogP contribution >= 0.6 is 12.4 Å². The molecular weight excluding hydrogens is 222 g/mol. The Morgan fingerprint density at radius 3 is 1.88 bits per heavy atom. The molecule has 0 aromatic heterocycles. The third-order valence-electron chi connectivity index (χ3n) is 2.11. The Balaban J connectivity index is 0.00000128. The van der Waals surface area contributed by atoms with Crippen LogP contribution < -0.4 is 9.90 Å². The summed E-state index contributed by atoms with van der Waals surface area (Å²) in [5, 5.41) is 1.75. The van der Waals surface area contributed by atoms with Gasteiger partial charge in [-0.25, -0.2) is 5.06 Å². The van der Waals surface area contributed by atoms with E-state index in [4.69, 9.17) is 4.84 Å². The Morgan fingerprint density at radius 1 is 0.812 bits per heavy atom. The van der Waals surface area contributed by atoms with E-state index in [0.29, 0.717) is 0 Å². The normalized spacial score (nSPS) is 9.06. The molecule has 0 atom stereocenters. The van der Waals surface area contributed by atoms with Gasteiger partial charge in [0.05, 0.1) is 5.69 Å². The highest BCUT2D eigenvalue weighted by molar-refractivity contribution is 5.85. The molecule has 2 rings (SSSR count). The van der Waals surface area contributed by atoms with Gasteiger partial charge >= 0.3 is 0 Å². The summed E-state index contributed by atoms with van der Waals surface area (Å²) in [5.74, 6) is 0.837. The van der Waals surface area contributed by atoms with Gasteiger partial charge in [0.1, 0.15) is 0 Å². The molecule has 2 aromatic carbocycles. The zero-order chi connectivity index (χ0) is 10.5. The average molecular weight is 236 g/mol. The summed E-state index contributed by atoms with van der Waals surface area (Å²) in [4.78, 5) is 5.63. The van der Waals surface area contributed by atoms with Crippen molar-refractivity contribution in [3.8, 4) is 5.75 Å². The third-order valence-corrected chi connectivity index (χ3v) is 2.11. The van der Waals surface area contributed by atoms with Gasteiger partial charge < -0.3 is 4.84 Å². The van der Waals surface area contributed by atoms with Crippen LogP contribution in [-0.4, -0.2) is 7.05 Å². The van der Waals surface area contributed by atoms with E-state index >= 15 is 0 Å². The number of anilines is 1. The standard InChI is InChI=1S/C13H13NO.ClH/c1-14(12-8-4-2-5-9-12)15-13-10-6-3-7-11-13;/h2-11H,1H3;1H. The fourth-order valence-corrected chi connectivity index (χ4v) is 1.33. The second-order valence-corrected chi connectivity index (χ2v) is 3.24. The van der Waals surface area contributed by atoms with Crippen LogP contribution in [0.4, 0.5) is 5.69 Å². The molecule has 0 saturated carbocycles. The highest BCUT2D eigenvalue weighted by Crippen LogP contribution is 2.15. The van der Waals surface area contributed by atoms with Crippen LogP contribution in [0.5, 0.6) is 5.75 Å². The van der Waals surface area contributed by atoms with E-state index in [1.807, 2.05) is 67.7 Å². The maximum absolute atomic E-state index is 5.63. The lowest BCUT2D eigenvalue weighted by molar-refractivity contribution is 0.303. The zero-order valence-corrected chi connectivity index (χ0v) is 9.85. The quantitative estimate of drug-likeness (QED) is 0.755. The molecule has 0 aliphatic rings. The van der Waals surface area contributed by atoms with Crippen LogP contribution in [0.2, 0.25) is 0 Å². The number of nitrogens with zero attached hydrogens (tertiary/aromatic N) is 1. The Labute approximate surface area is 102 Å². The fraction of sp³-hybridized carbons (Fsp3) is 0.0769. The number of hydroxylamine groups is 1. The van der Waals surface area contributed by atoms with Gasteiger partial charge in [-0.2, -0.15) is 0 Å². The van der Waals surface area contributed by atoms with Crippen LogP contribution in [0, 0.1) is 0 Å². The Bertz CT molecular complexity index is 405. The van der Waals surface area contributed by atoms with Crippen molar-refractivity contribution >= 4 is 18.1 Å². The summed E-state index contributed by atoms with van der Waals surface area (Å²) >= 11 is 0. The molecule has 3 heteroatoms. The largest absolute Gasteiger partial charge is 0.380 e. The molecule has 0 aliphatic carbocycles. The molecule has 0 saturated heterocycles. The van der Waals surface area contributed by atoms with Crippen molar-refractivity contribution in [2.24, 2.45) is 0 Å². The SMILES string of the molecule is CN(Oc1ccccc1)c1ccccc1.Cl. The molecule has 0 heterocycles. The number of hydrogen-bond donors (Lipinski definition) is 0. The predicted octanol–water partition coefficient (Wildman–Crippen LogP) is 3.54. The van der Waals surface area contributed by atoms with Gasteiger partial charge in [-0.05, 0) is 24.3 Å². The molecule has 0 aliphatic heterocycles. The van der Waals surface area contributed by atoms with Gasteiger partial charge in [0.25, 0.3) is 0 Å². The first-order valence-corrected chi connectivity index (χ1v) is 4.88. The van der Waals surface area contributed by atoms with Crippen LogP contribution in [0.25, 0.3) is 0 Å². The van der Waals surface area contributed by atoms with Gasteiger partial charge in [-0.15, -0.1) is 12.4 Å². The van der Waals surface area contributed by atoms with E-state index < -0.39 is 0 Å². The highest BCUT2D eigenvalue weighted by Gasteiger charge is 2.00. The maximum atomic E-state index is 5.63. The molecule has 0 amide bonds. The molecule has 0 N–H and O–H groups in total. The molecule has 16 heavy (non-hydrogen) atoms. The van der Waals surface area contributed by atoms with Gasteiger partial charge in [0, 0.05) is 7.05 Å². The maximum Gasteiger partial charge on any atom is 0.155 e. The Morgan fingerprint density at radius 2 is 1.31 bits per heavy atom. The van der Waals surface area contributed by atoms with E-state index in [1.165, 1.54) is 0 Å². The second-order valence-electron chi connectivity index (χ2n) is 3.24. The molecule has 84 valence electrons. The first kappa shape index (κ1) is 12.4. The van der Waals surface area contributed by atoms with Crippen LogP contribution in [0.3, 0.4) is 0 Å². The molecular formula is C13H14ClNO. The van der Waals surface area contributed by atoms with Gasteiger partial charge in [0.2, 0.25) is 0 Å². The van der Waals surface area contributed by atoms with Crippen LogP contribution in [0.1, 0.15) is 0 Å². The number of rotatable bonds is 3. The highest BCUT2D eigenvalue weighted by atomic mass is 35.5. The topological polar surface area (TPSA) is 12.5 Å².